The molecule has 1 atom stereocenters. The van der Waals surface area contributed by atoms with E-state index in [1.165, 1.54) is 11.8 Å². The van der Waals surface area contributed by atoms with Crippen molar-refractivity contribution in [1.29, 1.82) is 0 Å². The van der Waals surface area contributed by atoms with E-state index in [0.717, 1.165) is 29.0 Å². The van der Waals surface area contributed by atoms with Crippen LogP contribution in [-0.2, 0) is 32.1 Å². The van der Waals surface area contributed by atoms with E-state index in [1.54, 1.807) is 30.9 Å². The third-order valence-electron chi connectivity index (χ3n) is 5.08. The second-order valence-corrected chi connectivity index (χ2v) is 7.26. The Hall–Kier alpha value is -3.29. The quantitative estimate of drug-likeness (QED) is 0.660. The minimum Gasteiger partial charge on any atom is -0.336 e. The van der Waals surface area contributed by atoms with Gasteiger partial charge < -0.3 is 9.74 Å². The Morgan fingerprint density at radius 1 is 1.13 bits per heavy atom. The van der Waals surface area contributed by atoms with Gasteiger partial charge in [0.25, 0.3) is 5.91 Å². The number of hydrogen-bond donors (Lipinski definition) is 0. The van der Waals surface area contributed by atoms with E-state index in [0.29, 0.717) is 25.9 Å². The molecule has 3 rings (SSSR count). The SMILES string of the molecule is CC(=O)N(CCc1ccncc1)C(Cc1cccnc1)C(=O)ON1CCCCC1=O. The van der Waals surface area contributed by atoms with Crippen LogP contribution in [0.5, 0.6) is 0 Å². The number of pyridine rings is 2. The molecular formula is C22H26N4O4. The zero-order valence-corrected chi connectivity index (χ0v) is 17.1. The topological polar surface area (TPSA) is 92.7 Å². The van der Waals surface area contributed by atoms with Gasteiger partial charge in [0.15, 0.2) is 0 Å². The maximum absolute atomic E-state index is 13.1. The highest BCUT2D eigenvalue weighted by molar-refractivity contribution is 5.85. The van der Waals surface area contributed by atoms with Crippen LogP contribution in [0.1, 0.15) is 37.3 Å². The molecule has 8 heteroatoms. The highest BCUT2D eigenvalue weighted by Gasteiger charge is 2.33. The minimum absolute atomic E-state index is 0.208. The molecule has 1 fully saturated rings. The zero-order chi connectivity index (χ0) is 21.3. The summed E-state index contributed by atoms with van der Waals surface area (Å²) in [5.41, 5.74) is 1.82. The molecule has 0 aliphatic carbocycles. The predicted octanol–water partition coefficient (Wildman–Crippen LogP) is 1.95. The summed E-state index contributed by atoms with van der Waals surface area (Å²) in [6, 6.07) is 6.52. The molecule has 2 aromatic rings. The Kier molecular flexibility index (Phi) is 7.48. The van der Waals surface area contributed by atoms with Gasteiger partial charge in [0.05, 0.1) is 6.54 Å². The number of hydroxylamine groups is 2. The lowest BCUT2D eigenvalue weighted by atomic mass is 10.0. The third kappa shape index (κ3) is 5.85. The molecule has 30 heavy (non-hydrogen) atoms. The van der Waals surface area contributed by atoms with Crippen LogP contribution in [0.3, 0.4) is 0 Å². The highest BCUT2D eigenvalue weighted by Crippen LogP contribution is 2.16. The Balaban J connectivity index is 1.78. The highest BCUT2D eigenvalue weighted by atomic mass is 16.7. The fraction of sp³-hybridized carbons (Fsp3) is 0.409. The molecule has 158 valence electrons. The maximum Gasteiger partial charge on any atom is 0.355 e. The van der Waals surface area contributed by atoms with Gasteiger partial charge in [-0.25, -0.2) is 4.79 Å². The Morgan fingerprint density at radius 2 is 1.93 bits per heavy atom. The summed E-state index contributed by atoms with van der Waals surface area (Å²) in [6.07, 6.45) is 9.45. The van der Waals surface area contributed by atoms with Crippen LogP contribution in [0.25, 0.3) is 0 Å². The molecule has 0 bridgehead atoms. The molecule has 0 aromatic carbocycles. The van der Waals surface area contributed by atoms with Crippen LogP contribution < -0.4 is 0 Å². The van der Waals surface area contributed by atoms with Crippen LogP contribution in [0.15, 0.2) is 49.1 Å². The molecule has 0 radical (unpaired) electrons. The van der Waals surface area contributed by atoms with E-state index in [4.69, 9.17) is 4.84 Å². The van der Waals surface area contributed by atoms with Crippen LogP contribution in [0, 0.1) is 0 Å². The molecule has 2 aromatic heterocycles. The van der Waals surface area contributed by atoms with Gasteiger partial charge in [-0.15, -0.1) is 0 Å². The lowest BCUT2D eigenvalue weighted by molar-refractivity contribution is -0.206. The van der Waals surface area contributed by atoms with E-state index < -0.39 is 12.0 Å². The molecule has 8 nitrogen and oxygen atoms in total. The number of amides is 2. The van der Waals surface area contributed by atoms with Gasteiger partial charge in [-0.05, 0) is 48.6 Å². The van der Waals surface area contributed by atoms with E-state index in [1.807, 2.05) is 18.2 Å². The van der Waals surface area contributed by atoms with E-state index in [9.17, 15) is 14.4 Å². The Labute approximate surface area is 175 Å². The smallest absolute Gasteiger partial charge is 0.336 e. The van der Waals surface area contributed by atoms with Gasteiger partial charge in [-0.2, -0.15) is 5.06 Å². The van der Waals surface area contributed by atoms with Crippen molar-refractivity contribution in [1.82, 2.24) is 19.9 Å². The van der Waals surface area contributed by atoms with Crippen molar-refractivity contribution in [2.75, 3.05) is 13.1 Å². The molecule has 3 heterocycles. The first-order valence-corrected chi connectivity index (χ1v) is 10.1. The normalized spacial score (nSPS) is 14.8. The summed E-state index contributed by atoms with van der Waals surface area (Å²) in [7, 11) is 0. The van der Waals surface area contributed by atoms with Crippen molar-refractivity contribution in [3.05, 3.63) is 60.2 Å². The first-order chi connectivity index (χ1) is 14.5. The number of hydrogen-bond acceptors (Lipinski definition) is 6. The maximum atomic E-state index is 13.1. The van der Waals surface area contributed by atoms with Crippen molar-refractivity contribution >= 4 is 17.8 Å². The summed E-state index contributed by atoms with van der Waals surface area (Å²) in [4.78, 5) is 52.7. The molecule has 1 aliphatic rings. The van der Waals surface area contributed by atoms with Crippen LogP contribution >= 0.6 is 0 Å². The molecule has 0 N–H and O–H groups in total. The van der Waals surface area contributed by atoms with Gasteiger partial charge in [-0.1, -0.05) is 6.07 Å². The second kappa shape index (κ2) is 10.5. The number of aromatic nitrogens is 2. The van der Waals surface area contributed by atoms with Gasteiger partial charge in [0, 0.05) is 51.1 Å². The zero-order valence-electron chi connectivity index (χ0n) is 17.1. The van der Waals surface area contributed by atoms with Gasteiger partial charge in [-0.3, -0.25) is 19.6 Å². The van der Waals surface area contributed by atoms with Crippen molar-refractivity contribution in [3.8, 4) is 0 Å². The Morgan fingerprint density at radius 3 is 2.60 bits per heavy atom. The van der Waals surface area contributed by atoms with E-state index >= 15 is 0 Å². The summed E-state index contributed by atoms with van der Waals surface area (Å²) >= 11 is 0. The fourth-order valence-electron chi connectivity index (χ4n) is 3.44. The van der Waals surface area contributed by atoms with Gasteiger partial charge in [0.1, 0.15) is 6.04 Å². The largest absolute Gasteiger partial charge is 0.355 e. The summed E-state index contributed by atoms with van der Waals surface area (Å²) < 4.78 is 0. The number of rotatable bonds is 8. The van der Waals surface area contributed by atoms with Crippen molar-refractivity contribution in [2.24, 2.45) is 0 Å². The van der Waals surface area contributed by atoms with Crippen LogP contribution in [0.4, 0.5) is 0 Å². The van der Waals surface area contributed by atoms with E-state index in [-0.39, 0.29) is 18.2 Å². The lowest BCUT2D eigenvalue weighted by Gasteiger charge is -2.32. The minimum atomic E-state index is -0.858. The summed E-state index contributed by atoms with van der Waals surface area (Å²) in [5, 5.41) is 1.13. The fourth-order valence-corrected chi connectivity index (χ4v) is 3.44. The summed E-state index contributed by atoms with van der Waals surface area (Å²) in [5.74, 6) is -1.06. The number of nitrogens with zero attached hydrogens (tertiary/aromatic N) is 4. The first kappa shape index (κ1) is 21.4. The average molecular weight is 410 g/mol. The number of carbonyl (C=O) groups is 3. The number of carbonyl (C=O) groups excluding carboxylic acids is 3. The molecule has 1 aliphatic heterocycles. The van der Waals surface area contributed by atoms with E-state index in [2.05, 4.69) is 9.97 Å². The standard InChI is InChI=1S/C22H26N4O4/c1-17(27)25(14-9-18-7-11-23-12-8-18)20(15-19-5-4-10-24-16-19)22(29)30-26-13-3-2-6-21(26)28/h4-5,7-8,10-12,16,20H,2-3,6,9,13-15H2,1H3. The molecule has 1 saturated heterocycles. The number of piperidine rings is 1. The molecule has 2 amide bonds. The molecular weight excluding hydrogens is 384 g/mol. The van der Waals surface area contributed by atoms with Crippen molar-refractivity contribution < 1.29 is 19.2 Å². The monoisotopic (exact) mass is 410 g/mol. The molecule has 0 spiro atoms. The van der Waals surface area contributed by atoms with Crippen LogP contribution in [-0.4, -0.2) is 56.8 Å². The van der Waals surface area contributed by atoms with Crippen LogP contribution in [0.2, 0.25) is 0 Å². The lowest BCUT2D eigenvalue weighted by Crippen LogP contribution is -2.50. The van der Waals surface area contributed by atoms with Crippen molar-refractivity contribution in [3.63, 3.8) is 0 Å². The molecule has 1 unspecified atom stereocenters. The average Bonchev–Trinajstić information content (AvgIpc) is 2.76. The first-order valence-electron chi connectivity index (χ1n) is 10.1. The van der Waals surface area contributed by atoms with Gasteiger partial charge in [0.2, 0.25) is 5.91 Å². The third-order valence-corrected chi connectivity index (χ3v) is 5.08. The molecule has 0 saturated carbocycles. The Bertz CT molecular complexity index is 860. The second-order valence-electron chi connectivity index (χ2n) is 7.26. The van der Waals surface area contributed by atoms with Gasteiger partial charge >= 0.3 is 5.97 Å². The summed E-state index contributed by atoms with van der Waals surface area (Å²) in [6.45, 7) is 2.15. The predicted molar refractivity (Wildman–Crippen MR) is 109 cm³/mol. The van der Waals surface area contributed by atoms with Crippen molar-refractivity contribution in [2.45, 2.75) is 45.1 Å².